The zero-order chi connectivity index (χ0) is 16.5. The summed E-state index contributed by atoms with van der Waals surface area (Å²) in [4.78, 5) is 23.0. The second-order valence-electron chi connectivity index (χ2n) is 4.54. The molecule has 0 atom stereocenters. The highest BCUT2D eigenvalue weighted by Crippen LogP contribution is 2.22. The molecule has 0 bridgehead atoms. The van der Waals surface area contributed by atoms with Gasteiger partial charge >= 0.3 is 0 Å². The quantitative estimate of drug-likeness (QED) is 0.502. The first-order valence-corrected chi connectivity index (χ1v) is 7.21. The number of aldehydes is 1. The van der Waals surface area contributed by atoms with Crippen LogP contribution in [0.2, 0.25) is 0 Å². The maximum atomic E-state index is 10.9. The van der Waals surface area contributed by atoms with Crippen molar-refractivity contribution in [2.75, 3.05) is 12.4 Å². The van der Waals surface area contributed by atoms with Gasteiger partial charge in [-0.2, -0.15) is 0 Å². The first-order valence-electron chi connectivity index (χ1n) is 7.21. The van der Waals surface area contributed by atoms with Crippen molar-refractivity contribution in [1.29, 1.82) is 0 Å². The van der Waals surface area contributed by atoms with Crippen molar-refractivity contribution in [2.45, 2.75) is 13.3 Å². The van der Waals surface area contributed by atoms with E-state index in [1.165, 1.54) is 12.4 Å². The topological polar surface area (TPSA) is 76.5 Å². The molecular formula is C17H18N4O2. The Morgan fingerprint density at radius 1 is 1.26 bits per heavy atom. The molecule has 1 N–H and O–H groups in total. The Hall–Kier alpha value is -3.02. The van der Waals surface area contributed by atoms with Crippen LogP contribution in [-0.4, -0.2) is 29.1 Å². The smallest absolute Gasteiger partial charge is 0.248 e. The summed E-state index contributed by atoms with van der Waals surface area (Å²) in [5.74, 6) is 1.53. The standard InChI is InChI=1S/C17H18N4O2/c1-3-4-5-16(18-2)21-13-6-8-14(9-7-13)23-17-15(12-22)19-10-11-20-17/h4-12H,3H2,1-2H3,(H,18,21)/b5-4-. The van der Waals surface area contributed by atoms with Crippen LogP contribution in [0.1, 0.15) is 23.8 Å². The molecule has 0 saturated carbocycles. The predicted octanol–water partition coefficient (Wildman–Crippen LogP) is 3.49. The molecule has 0 unspecified atom stereocenters. The highest BCUT2D eigenvalue weighted by molar-refractivity contribution is 6.03. The van der Waals surface area contributed by atoms with Crippen LogP contribution in [0.25, 0.3) is 0 Å². The zero-order valence-electron chi connectivity index (χ0n) is 13.1. The monoisotopic (exact) mass is 310 g/mol. The summed E-state index contributed by atoms with van der Waals surface area (Å²) in [5.41, 5.74) is 1.05. The summed E-state index contributed by atoms with van der Waals surface area (Å²) in [7, 11) is 1.73. The minimum Gasteiger partial charge on any atom is -0.437 e. The maximum absolute atomic E-state index is 10.9. The van der Waals surface area contributed by atoms with E-state index in [2.05, 4.69) is 27.2 Å². The number of allylic oxidation sites excluding steroid dienone is 1. The third kappa shape index (κ3) is 4.74. The molecule has 0 aliphatic heterocycles. The van der Waals surface area contributed by atoms with E-state index in [1.807, 2.05) is 24.3 Å². The minimum atomic E-state index is 0.166. The molecule has 2 aromatic rings. The number of benzene rings is 1. The van der Waals surface area contributed by atoms with E-state index in [0.29, 0.717) is 12.0 Å². The van der Waals surface area contributed by atoms with E-state index >= 15 is 0 Å². The zero-order valence-corrected chi connectivity index (χ0v) is 13.1. The average Bonchev–Trinajstić information content (AvgIpc) is 2.60. The lowest BCUT2D eigenvalue weighted by Crippen LogP contribution is -2.08. The number of anilines is 1. The van der Waals surface area contributed by atoms with Gasteiger partial charge in [0.25, 0.3) is 0 Å². The van der Waals surface area contributed by atoms with E-state index in [0.717, 1.165) is 17.9 Å². The van der Waals surface area contributed by atoms with E-state index < -0.39 is 0 Å². The maximum Gasteiger partial charge on any atom is 0.248 e. The number of nitrogens with one attached hydrogen (secondary N) is 1. The lowest BCUT2D eigenvalue weighted by molar-refractivity contribution is 0.111. The van der Waals surface area contributed by atoms with Gasteiger partial charge in [-0.15, -0.1) is 0 Å². The Morgan fingerprint density at radius 3 is 2.65 bits per heavy atom. The van der Waals surface area contributed by atoms with Crippen LogP contribution in [0.15, 0.2) is 53.8 Å². The van der Waals surface area contributed by atoms with Crippen molar-refractivity contribution < 1.29 is 9.53 Å². The second kappa shape index (κ2) is 8.43. The lowest BCUT2D eigenvalue weighted by atomic mass is 10.3. The van der Waals surface area contributed by atoms with Crippen LogP contribution in [0.4, 0.5) is 5.69 Å². The summed E-state index contributed by atoms with van der Waals surface area (Å²) >= 11 is 0. The molecule has 1 heterocycles. The van der Waals surface area contributed by atoms with Crippen LogP contribution in [0.5, 0.6) is 11.6 Å². The molecule has 0 amide bonds. The number of rotatable bonds is 6. The van der Waals surface area contributed by atoms with Gasteiger partial charge in [0.1, 0.15) is 11.6 Å². The van der Waals surface area contributed by atoms with Gasteiger partial charge in [0, 0.05) is 25.1 Å². The normalized spacial score (nSPS) is 11.5. The summed E-state index contributed by atoms with van der Waals surface area (Å²) in [6.07, 6.45) is 8.44. The summed E-state index contributed by atoms with van der Waals surface area (Å²) in [5, 5.41) is 3.20. The Bertz CT molecular complexity index is 709. The predicted molar refractivity (Wildman–Crippen MR) is 90.3 cm³/mol. The first kappa shape index (κ1) is 16.4. The van der Waals surface area contributed by atoms with Crippen molar-refractivity contribution in [1.82, 2.24) is 9.97 Å². The summed E-state index contributed by atoms with van der Waals surface area (Å²) in [6, 6.07) is 7.28. The van der Waals surface area contributed by atoms with Crippen LogP contribution in [-0.2, 0) is 0 Å². The van der Waals surface area contributed by atoms with Crippen molar-refractivity contribution in [3.05, 3.63) is 54.5 Å². The van der Waals surface area contributed by atoms with Crippen molar-refractivity contribution >= 4 is 17.8 Å². The van der Waals surface area contributed by atoms with Gasteiger partial charge in [0.05, 0.1) is 0 Å². The molecule has 1 aromatic heterocycles. The van der Waals surface area contributed by atoms with Crippen molar-refractivity contribution in [3.63, 3.8) is 0 Å². The fraction of sp³-hybridized carbons (Fsp3) is 0.176. The summed E-state index contributed by atoms with van der Waals surface area (Å²) in [6.45, 7) is 2.07. The van der Waals surface area contributed by atoms with Gasteiger partial charge in [-0.05, 0) is 36.8 Å². The molecule has 23 heavy (non-hydrogen) atoms. The van der Waals surface area contributed by atoms with Gasteiger partial charge in [-0.3, -0.25) is 9.79 Å². The van der Waals surface area contributed by atoms with Crippen LogP contribution in [0.3, 0.4) is 0 Å². The lowest BCUT2D eigenvalue weighted by Gasteiger charge is -2.08. The van der Waals surface area contributed by atoms with Crippen LogP contribution < -0.4 is 10.1 Å². The fourth-order valence-corrected chi connectivity index (χ4v) is 1.76. The molecule has 0 spiro atoms. The van der Waals surface area contributed by atoms with Gasteiger partial charge in [-0.1, -0.05) is 13.0 Å². The molecule has 0 aliphatic rings. The largest absolute Gasteiger partial charge is 0.437 e. The van der Waals surface area contributed by atoms with Gasteiger partial charge in [-0.25, -0.2) is 9.97 Å². The number of aromatic nitrogens is 2. The third-order valence-corrected chi connectivity index (χ3v) is 2.90. The Balaban J connectivity index is 2.07. The number of carbonyl (C=O) groups is 1. The van der Waals surface area contributed by atoms with Crippen molar-refractivity contribution in [2.24, 2.45) is 4.99 Å². The number of ether oxygens (including phenoxy) is 1. The van der Waals surface area contributed by atoms with Crippen molar-refractivity contribution in [3.8, 4) is 11.6 Å². The summed E-state index contributed by atoms with van der Waals surface area (Å²) < 4.78 is 5.57. The van der Waals surface area contributed by atoms with Gasteiger partial charge in [0.2, 0.25) is 5.88 Å². The number of carbonyl (C=O) groups excluding carboxylic acids is 1. The fourth-order valence-electron chi connectivity index (χ4n) is 1.76. The SMILES string of the molecule is CC/C=C\C(=NC)Nc1ccc(Oc2nccnc2C=O)cc1. The molecule has 118 valence electrons. The van der Waals surface area contributed by atoms with Crippen LogP contribution in [0, 0.1) is 0 Å². The highest BCUT2D eigenvalue weighted by Gasteiger charge is 2.06. The number of amidine groups is 1. The van der Waals surface area contributed by atoms with Gasteiger partial charge in [0.15, 0.2) is 12.0 Å². The molecule has 0 saturated heterocycles. The minimum absolute atomic E-state index is 0.166. The average molecular weight is 310 g/mol. The molecular weight excluding hydrogens is 292 g/mol. The molecule has 1 aromatic carbocycles. The highest BCUT2D eigenvalue weighted by atomic mass is 16.5. The molecule has 6 nitrogen and oxygen atoms in total. The van der Waals surface area contributed by atoms with E-state index in [1.54, 1.807) is 19.2 Å². The Kier molecular flexibility index (Phi) is 5.99. The van der Waals surface area contributed by atoms with E-state index in [9.17, 15) is 4.79 Å². The third-order valence-electron chi connectivity index (χ3n) is 2.90. The Labute approximate surface area is 135 Å². The number of hydrogen-bond acceptors (Lipinski definition) is 5. The van der Waals surface area contributed by atoms with E-state index in [-0.39, 0.29) is 11.6 Å². The molecule has 0 aliphatic carbocycles. The molecule has 2 rings (SSSR count). The number of nitrogens with zero attached hydrogens (tertiary/aromatic N) is 3. The molecule has 0 radical (unpaired) electrons. The number of aliphatic imine (C=N–C) groups is 1. The van der Waals surface area contributed by atoms with Gasteiger partial charge < -0.3 is 10.1 Å². The Morgan fingerprint density at radius 2 is 2.00 bits per heavy atom. The van der Waals surface area contributed by atoms with Crippen LogP contribution >= 0.6 is 0 Å². The molecule has 6 heteroatoms. The number of hydrogen-bond donors (Lipinski definition) is 1. The van der Waals surface area contributed by atoms with E-state index in [4.69, 9.17) is 4.74 Å². The second-order valence-corrected chi connectivity index (χ2v) is 4.54. The molecule has 0 fully saturated rings. The first-order chi connectivity index (χ1) is 11.3.